The molecule has 0 atom stereocenters. The smallest absolute Gasteiger partial charge is 0.226 e. The maximum Gasteiger partial charge on any atom is 0.226 e. The predicted octanol–water partition coefficient (Wildman–Crippen LogP) is 6.27. The van der Waals surface area contributed by atoms with Gasteiger partial charge in [0.25, 0.3) is 0 Å². The molecule has 0 bridgehead atoms. The molecule has 1 saturated heterocycles. The number of anilines is 1. The summed E-state index contributed by atoms with van der Waals surface area (Å²) < 4.78 is 5.74. The Kier molecular flexibility index (Phi) is 8.12. The Bertz CT molecular complexity index is 1070. The molecule has 1 aromatic heterocycles. The van der Waals surface area contributed by atoms with E-state index in [9.17, 15) is 4.79 Å². The highest BCUT2D eigenvalue weighted by Crippen LogP contribution is 2.42. The van der Waals surface area contributed by atoms with Gasteiger partial charge in [0.1, 0.15) is 12.0 Å². The second kappa shape index (κ2) is 11.2. The summed E-state index contributed by atoms with van der Waals surface area (Å²) in [4.78, 5) is 17.7. The highest BCUT2D eigenvalue weighted by atomic mass is 35.5. The molecule has 174 valence electrons. The molecular weight excluding hydrogens is 454 g/mol. The van der Waals surface area contributed by atoms with Crippen LogP contribution >= 0.6 is 23.4 Å². The molecule has 5 rings (SSSR count). The number of carbonyl (C=O) groups excluding carboxylic acids is 1. The van der Waals surface area contributed by atoms with Gasteiger partial charge < -0.3 is 9.73 Å². The first-order chi connectivity index (χ1) is 16.1. The van der Waals surface area contributed by atoms with E-state index in [-0.39, 0.29) is 0 Å². The third-order valence-electron chi connectivity index (χ3n) is 5.92. The van der Waals surface area contributed by atoms with Crippen LogP contribution in [0.1, 0.15) is 46.1 Å². The Morgan fingerprint density at radius 3 is 2.55 bits per heavy atom. The maximum absolute atomic E-state index is 10.7. The third kappa shape index (κ3) is 6.40. The van der Waals surface area contributed by atoms with Gasteiger partial charge in [0, 0.05) is 65.9 Å². The van der Waals surface area contributed by atoms with Crippen molar-refractivity contribution in [1.82, 2.24) is 9.88 Å². The van der Waals surface area contributed by atoms with Crippen LogP contribution in [0.25, 0.3) is 11.5 Å². The number of thioether (sulfide) groups is 1. The van der Waals surface area contributed by atoms with E-state index in [1.165, 1.54) is 24.3 Å². The molecule has 1 saturated carbocycles. The van der Waals surface area contributed by atoms with Crippen LogP contribution in [-0.2, 0) is 6.54 Å². The number of aryl methyl sites for hydroxylation is 1. The van der Waals surface area contributed by atoms with Crippen LogP contribution < -0.4 is 5.32 Å². The van der Waals surface area contributed by atoms with Crippen molar-refractivity contribution in [3.63, 3.8) is 0 Å². The highest BCUT2D eigenvalue weighted by molar-refractivity contribution is 7.99. The van der Waals surface area contributed by atoms with Crippen LogP contribution in [0.4, 0.5) is 5.69 Å². The molecule has 0 radical (unpaired) electrons. The third-order valence-corrected chi connectivity index (χ3v) is 7.23. The number of nitrogens with one attached hydrogen (secondary N) is 1. The molecule has 0 spiro atoms. The van der Waals surface area contributed by atoms with Gasteiger partial charge in [0.15, 0.2) is 0 Å². The van der Waals surface area contributed by atoms with E-state index in [0.717, 1.165) is 65.1 Å². The van der Waals surface area contributed by atoms with E-state index in [4.69, 9.17) is 16.0 Å². The van der Waals surface area contributed by atoms with Gasteiger partial charge >= 0.3 is 0 Å². The fourth-order valence-corrected chi connectivity index (χ4v) is 4.99. The lowest BCUT2D eigenvalue weighted by Crippen LogP contribution is -2.32. The summed E-state index contributed by atoms with van der Waals surface area (Å²) in [5.74, 6) is 4.73. The molecule has 2 heterocycles. The Balaban J connectivity index is 0.000000157. The normalized spacial score (nSPS) is 16.1. The van der Waals surface area contributed by atoms with E-state index >= 15 is 0 Å². The summed E-state index contributed by atoms with van der Waals surface area (Å²) in [5, 5.41) is 3.85. The van der Waals surface area contributed by atoms with Crippen molar-refractivity contribution in [1.29, 1.82) is 0 Å². The SMILES string of the molecule is CNc1ccc(-c2nc(C3CC3)c(C)o2)cc1.O=Cc1ccc(Cl)c(CN2CCSCC2)c1. The predicted molar refractivity (Wildman–Crippen MR) is 138 cm³/mol. The van der Waals surface area contributed by atoms with Crippen molar-refractivity contribution in [3.05, 3.63) is 70.1 Å². The molecule has 1 aliphatic heterocycles. The zero-order valence-electron chi connectivity index (χ0n) is 19.1. The molecule has 3 aromatic rings. The van der Waals surface area contributed by atoms with Crippen LogP contribution in [-0.4, -0.2) is 47.8 Å². The minimum atomic E-state index is 0.643. The van der Waals surface area contributed by atoms with E-state index in [1.807, 2.05) is 56.1 Å². The van der Waals surface area contributed by atoms with Gasteiger partial charge in [-0.15, -0.1) is 0 Å². The van der Waals surface area contributed by atoms with Gasteiger partial charge in [-0.05, 0) is 61.7 Å². The average Bonchev–Trinajstić information content (AvgIpc) is 3.63. The first kappa shape index (κ1) is 23.9. The standard InChI is InChI=1S/C14H16N2O.C12H14ClNOS/c1-9-13(10-3-4-10)16-14(17-9)11-5-7-12(15-2)8-6-11;13-12-2-1-10(9-15)7-11(12)8-14-3-5-16-6-4-14/h5-8,10,15H,3-4H2,1-2H3;1-2,7,9H,3-6,8H2. The Morgan fingerprint density at radius 1 is 1.18 bits per heavy atom. The second-order valence-corrected chi connectivity index (χ2v) is 10.1. The number of oxazole rings is 1. The van der Waals surface area contributed by atoms with Crippen LogP contribution in [0.15, 0.2) is 46.9 Å². The van der Waals surface area contributed by atoms with Crippen LogP contribution in [0, 0.1) is 6.92 Å². The van der Waals surface area contributed by atoms with Crippen molar-refractivity contribution >= 4 is 35.3 Å². The second-order valence-electron chi connectivity index (χ2n) is 8.42. The Labute approximate surface area is 204 Å². The van der Waals surface area contributed by atoms with Gasteiger partial charge in [-0.2, -0.15) is 11.8 Å². The number of carbonyl (C=O) groups is 1. The Morgan fingerprint density at radius 2 is 1.91 bits per heavy atom. The molecule has 33 heavy (non-hydrogen) atoms. The van der Waals surface area contributed by atoms with Gasteiger partial charge in [-0.25, -0.2) is 4.98 Å². The van der Waals surface area contributed by atoms with Gasteiger partial charge in [-0.1, -0.05) is 17.7 Å². The molecule has 1 N–H and O–H groups in total. The van der Waals surface area contributed by atoms with Gasteiger partial charge in [-0.3, -0.25) is 9.69 Å². The Hall–Kier alpha value is -2.28. The summed E-state index contributed by atoms with van der Waals surface area (Å²) >= 11 is 8.11. The zero-order chi connectivity index (χ0) is 23.2. The first-order valence-corrected chi connectivity index (χ1v) is 12.9. The van der Waals surface area contributed by atoms with Crippen molar-refractivity contribution in [2.24, 2.45) is 0 Å². The minimum absolute atomic E-state index is 0.643. The molecular formula is C26H30ClN3O2S. The lowest BCUT2D eigenvalue weighted by molar-refractivity contribution is 0.112. The van der Waals surface area contributed by atoms with Crippen molar-refractivity contribution in [3.8, 4) is 11.5 Å². The number of aldehydes is 1. The van der Waals surface area contributed by atoms with E-state index in [0.29, 0.717) is 11.5 Å². The largest absolute Gasteiger partial charge is 0.441 e. The molecule has 5 nitrogen and oxygen atoms in total. The van der Waals surface area contributed by atoms with Crippen molar-refractivity contribution in [2.75, 3.05) is 37.0 Å². The number of nitrogens with zero attached hydrogens (tertiary/aromatic N) is 2. The van der Waals surface area contributed by atoms with Gasteiger partial charge in [0.05, 0.1) is 5.69 Å². The van der Waals surface area contributed by atoms with Gasteiger partial charge in [0.2, 0.25) is 5.89 Å². The van der Waals surface area contributed by atoms with Crippen molar-refractivity contribution in [2.45, 2.75) is 32.2 Å². The topological polar surface area (TPSA) is 58.4 Å². The summed E-state index contributed by atoms with van der Waals surface area (Å²) in [7, 11) is 1.91. The number of hydrogen-bond donors (Lipinski definition) is 1. The quantitative estimate of drug-likeness (QED) is 0.417. The maximum atomic E-state index is 10.7. The molecule has 2 aromatic carbocycles. The van der Waals surface area contributed by atoms with Crippen LogP contribution in [0.2, 0.25) is 5.02 Å². The fraction of sp³-hybridized carbons (Fsp3) is 0.385. The number of halogens is 1. The molecule has 0 unspecified atom stereocenters. The number of aromatic nitrogens is 1. The van der Waals surface area contributed by atoms with Crippen LogP contribution in [0.5, 0.6) is 0 Å². The molecule has 7 heteroatoms. The van der Waals surface area contributed by atoms with Crippen LogP contribution in [0.3, 0.4) is 0 Å². The zero-order valence-corrected chi connectivity index (χ0v) is 20.7. The van der Waals surface area contributed by atoms with E-state index in [1.54, 1.807) is 12.1 Å². The molecule has 2 aliphatic rings. The fourth-order valence-electron chi connectivity index (χ4n) is 3.84. The molecule has 1 aliphatic carbocycles. The minimum Gasteiger partial charge on any atom is -0.441 e. The van der Waals surface area contributed by atoms with Crippen molar-refractivity contribution < 1.29 is 9.21 Å². The summed E-state index contributed by atoms with van der Waals surface area (Å²) in [5.41, 5.74) is 5.04. The molecule has 0 amide bonds. The molecule has 2 fully saturated rings. The van der Waals surface area contributed by atoms with E-state index < -0.39 is 0 Å². The summed E-state index contributed by atoms with van der Waals surface area (Å²) in [6, 6.07) is 13.6. The number of benzene rings is 2. The summed E-state index contributed by atoms with van der Waals surface area (Å²) in [6.07, 6.45) is 3.38. The lowest BCUT2D eigenvalue weighted by atomic mass is 10.1. The number of rotatable bonds is 6. The average molecular weight is 484 g/mol. The highest BCUT2D eigenvalue weighted by Gasteiger charge is 2.29. The van der Waals surface area contributed by atoms with E-state index in [2.05, 4.69) is 15.2 Å². The monoisotopic (exact) mass is 483 g/mol. The summed E-state index contributed by atoms with van der Waals surface area (Å²) in [6.45, 7) is 5.06. The lowest BCUT2D eigenvalue weighted by Gasteiger charge is -2.26. The number of hydrogen-bond acceptors (Lipinski definition) is 6. The first-order valence-electron chi connectivity index (χ1n) is 11.4.